The SMILES string of the molecule is O=C(NC(=S)Nc1cccc(OC2Cc3ccccc3C2)c1)c1cccnc1. The first-order valence-corrected chi connectivity index (χ1v) is 9.44. The van der Waals surface area contributed by atoms with Crippen LogP contribution in [0.1, 0.15) is 21.5 Å². The standard InChI is InChI=1S/C22H19N3O2S/c26-21(17-7-4-10-23-14-17)25-22(28)24-18-8-3-9-19(13-18)27-20-11-15-5-1-2-6-16(15)12-20/h1-10,13-14,20H,11-12H2,(H2,24,25,26,28). The van der Waals surface area contributed by atoms with Crippen molar-refractivity contribution in [1.29, 1.82) is 0 Å². The number of nitrogens with zero attached hydrogens (tertiary/aromatic N) is 1. The minimum Gasteiger partial charge on any atom is -0.490 e. The number of fused-ring (bicyclic) bond motifs is 1. The Kier molecular flexibility index (Phi) is 5.30. The van der Waals surface area contributed by atoms with Gasteiger partial charge < -0.3 is 10.1 Å². The van der Waals surface area contributed by atoms with E-state index in [0.29, 0.717) is 5.56 Å². The fourth-order valence-electron chi connectivity index (χ4n) is 3.28. The molecule has 3 aromatic rings. The average molecular weight is 389 g/mol. The van der Waals surface area contributed by atoms with Gasteiger partial charge in [0, 0.05) is 37.0 Å². The lowest BCUT2D eigenvalue weighted by Gasteiger charge is -2.15. The van der Waals surface area contributed by atoms with Gasteiger partial charge in [-0.2, -0.15) is 0 Å². The first kappa shape index (κ1) is 18.1. The molecule has 0 aliphatic heterocycles. The van der Waals surface area contributed by atoms with E-state index in [-0.39, 0.29) is 17.1 Å². The van der Waals surface area contributed by atoms with Crippen LogP contribution in [0.3, 0.4) is 0 Å². The lowest BCUT2D eigenvalue weighted by atomic mass is 10.1. The molecule has 2 aromatic carbocycles. The second-order valence-electron chi connectivity index (χ2n) is 6.59. The van der Waals surface area contributed by atoms with Crippen molar-refractivity contribution in [3.05, 3.63) is 89.7 Å². The van der Waals surface area contributed by atoms with Gasteiger partial charge in [-0.1, -0.05) is 30.3 Å². The summed E-state index contributed by atoms with van der Waals surface area (Å²) in [5.74, 6) is 0.464. The summed E-state index contributed by atoms with van der Waals surface area (Å²) in [4.78, 5) is 16.1. The van der Waals surface area contributed by atoms with E-state index in [1.165, 1.54) is 17.3 Å². The number of hydrogen-bond donors (Lipinski definition) is 2. The van der Waals surface area contributed by atoms with Crippen molar-refractivity contribution in [1.82, 2.24) is 10.3 Å². The summed E-state index contributed by atoms with van der Waals surface area (Å²) < 4.78 is 6.15. The van der Waals surface area contributed by atoms with Crippen molar-refractivity contribution in [3.8, 4) is 5.75 Å². The molecule has 1 heterocycles. The Morgan fingerprint density at radius 1 is 1.04 bits per heavy atom. The van der Waals surface area contributed by atoms with Gasteiger partial charge in [0.05, 0.1) is 5.56 Å². The van der Waals surface area contributed by atoms with Crippen LogP contribution < -0.4 is 15.4 Å². The van der Waals surface area contributed by atoms with Crippen molar-refractivity contribution >= 4 is 28.9 Å². The highest BCUT2D eigenvalue weighted by Gasteiger charge is 2.22. The number of hydrogen-bond acceptors (Lipinski definition) is 4. The van der Waals surface area contributed by atoms with E-state index in [0.717, 1.165) is 24.3 Å². The van der Waals surface area contributed by atoms with Crippen molar-refractivity contribution in [2.45, 2.75) is 18.9 Å². The molecule has 0 saturated carbocycles. The largest absolute Gasteiger partial charge is 0.490 e. The molecule has 4 rings (SSSR count). The molecule has 1 amide bonds. The van der Waals surface area contributed by atoms with Crippen molar-refractivity contribution in [2.24, 2.45) is 0 Å². The molecule has 140 valence electrons. The van der Waals surface area contributed by atoms with Gasteiger partial charge in [-0.15, -0.1) is 0 Å². The molecule has 0 unspecified atom stereocenters. The Labute approximate surface area is 168 Å². The number of amides is 1. The van der Waals surface area contributed by atoms with Crippen LogP contribution >= 0.6 is 12.2 Å². The van der Waals surface area contributed by atoms with Gasteiger partial charge in [0.15, 0.2) is 5.11 Å². The number of aromatic nitrogens is 1. The monoisotopic (exact) mass is 389 g/mol. The van der Waals surface area contributed by atoms with Crippen molar-refractivity contribution in [2.75, 3.05) is 5.32 Å². The molecule has 0 radical (unpaired) electrons. The van der Waals surface area contributed by atoms with Gasteiger partial charge in [-0.25, -0.2) is 0 Å². The van der Waals surface area contributed by atoms with E-state index in [1.807, 2.05) is 24.3 Å². The maximum Gasteiger partial charge on any atom is 0.258 e. The van der Waals surface area contributed by atoms with Crippen LogP contribution in [0.5, 0.6) is 5.75 Å². The summed E-state index contributed by atoms with van der Waals surface area (Å²) in [7, 11) is 0. The summed E-state index contributed by atoms with van der Waals surface area (Å²) in [6.45, 7) is 0. The number of anilines is 1. The smallest absolute Gasteiger partial charge is 0.258 e. The quantitative estimate of drug-likeness (QED) is 0.666. The summed E-state index contributed by atoms with van der Waals surface area (Å²) in [6, 6.07) is 19.4. The fourth-order valence-corrected chi connectivity index (χ4v) is 3.49. The maximum absolute atomic E-state index is 12.1. The molecular formula is C22H19N3O2S. The Morgan fingerprint density at radius 3 is 2.54 bits per heavy atom. The zero-order valence-electron chi connectivity index (χ0n) is 15.1. The minimum atomic E-state index is -0.304. The highest BCUT2D eigenvalue weighted by molar-refractivity contribution is 7.80. The Morgan fingerprint density at radius 2 is 1.82 bits per heavy atom. The predicted molar refractivity (Wildman–Crippen MR) is 113 cm³/mol. The van der Waals surface area contributed by atoms with E-state index in [1.54, 1.807) is 18.3 Å². The second kappa shape index (κ2) is 8.19. The molecule has 28 heavy (non-hydrogen) atoms. The zero-order valence-corrected chi connectivity index (χ0v) is 15.9. The number of carbonyl (C=O) groups is 1. The lowest BCUT2D eigenvalue weighted by Crippen LogP contribution is -2.34. The van der Waals surface area contributed by atoms with Gasteiger partial charge >= 0.3 is 0 Å². The van der Waals surface area contributed by atoms with Crippen molar-refractivity contribution in [3.63, 3.8) is 0 Å². The van der Waals surface area contributed by atoms with E-state index in [9.17, 15) is 4.79 Å². The maximum atomic E-state index is 12.1. The molecule has 1 aromatic heterocycles. The molecule has 1 aliphatic rings. The van der Waals surface area contributed by atoms with Crippen LogP contribution in [0.2, 0.25) is 0 Å². The highest BCUT2D eigenvalue weighted by atomic mass is 32.1. The lowest BCUT2D eigenvalue weighted by molar-refractivity contribution is 0.0977. The summed E-state index contributed by atoms with van der Waals surface area (Å²) in [6.07, 6.45) is 5.05. The van der Waals surface area contributed by atoms with Crippen LogP contribution in [0.15, 0.2) is 73.1 Å². The molecule has 0 bridgehead atoms. The molecule has 1 aliphatic carbocycles. The number of rotatable bonds is 4. The second-order valence-corrected chi connectivity index (χ2v) is 7.00. The van der Waals surface area contributed by atoms with Crippen LogP contribution in [-0.4, -0.2) is 22.1 Å². The molecule has 5 nitrogen and oxygen atoms in total. The Balaban J connectivity index is 1.35. The third-order valence-corrected chi connectivity index (χ3v) is 4.76. The first-order valence-electron chi connectivity index (χ1n) is 9.03. The number of carbonyl (C=O) groups excluding carboxylic acids is 1. The zero-order chi connectivity index (χ0) is 19.3. The van der Waals surface area contributed by atoms with E-state index in [4.69, 9.17) is 17.0 Å². The molecular weight excluding hydrogens is 370 g/mol. The third kappa shape index (κ3) is 4.35. The fraction of sp³-hybridized carbons (Fsp3) is 0.136. The van der Waals surface area contributed by atoms with Crippen LogP contribution in [0, 0.1) is 0 Å². The van der Waals surface area contributed by atoms with Crippen LogP contribution in [0.25, 0.3) is 0 Å². The highest BCUT2D eigenvalue weighted by Crippen LogP contribution is 2.26. The first-order chi connectivity index (χ1) is 13.7. The van der Waals surface area contributed by atoms with E-state index in [2.05, 4.69) is 39.9 Å². The molecule has 0 atom stereocenters. The Bertz CT molecular complexity index is 982. The van der Waals surface area contributed by atoms with Crippen LogP contribution in [-0.2, 0) is 12.8 Å². The third-order valence-electron chi connectivity index (χ3n) is 4.56. The van der Waals surface area contributed by atoms with Crippen LogP contribution in [0.4, 0.5) is 5.69 Å². The average Bonchev–Trinajstić information content (AvgIpc) is 3.11. The Hall–Kier alpha value is -3.25. The molecule has 6 heteroatoms. The summed E-state index contributed by atoms with van der Waals surface area (Å²) >= 11 is 5.24. The minimum absolute atomic E-state index is 0.130. The van der Waals surface area contributed by atoms with Crippen molar-refractivity contribution < 1.29 is 9.53 Å². The van der Waals surface area contributed by atoms with E-state index >= 15 is 0 Å². The number of pyridine rings is 1. The van der Waals surface area contributed by atoms with E-state index < -0.39 is 0 Å². The van der Waals surface area contributed by atoms with Gasteiger partial charge in [0.2, 0.25) is 0 Å². The number of ether oxygens (including phenoxy) is 1. The van der Waals surface area contributed by atoms with Gasteiger partial charge in [0.1, 0.15) is 11.9 Å². The topological polar surface area (TPSA) is 63.2 Å². The summed E-state index contributed by atoms with van der Waals surface area (Å²) in [5.41, 5.74) is 3.90. The number of benzene rings is 2. The van der Waals surface area contributed by atoms with Gasteiger partial charge in [-0.05, 0) is 47.6 Å². The summed E-state index contributed by atoms with van der Waals surface area (Å²) in [5, 5.41) is 5.90. The number of thiocarbonyl (C=S) groups is 1. The molecule has 0 fully saturated rings. The number of nitrogens with one attached hydrogen (secondary N) is 2. The molecule has 0 saturated heterocycles. The predicted octanol–water partition coefficient (Wildman–Crippen LogP) is 3.75. The molecule has 2 N–H and O–H groups in total. The van der Waals surface area contributed by atoms with Gasteiger partial charge in [-0.3, -0.25) is 15.1 Å². The van der Waals surface area contributed by atoms with Gasteiger partial charge in [0.25, 0.3) is 5.91 Å². The molecule has 0 spiro atoms. The normalized spacial score (nSPS) is 12.9.